The third kappa shape index (κ3) is 2.83. The van der Waals surface area contributed by atoms with Gasteiger partial charge in [0.25, 0.3) is 0 Å². The number of hydrogen-bond acceptors (Lipinski definition) is 6. The molecule has 0 saturated carbocycles. The third-order valence-electron chi connectivity index (χ3n) is 3.19. The molecular weight excluding hydrogens is 268 g/mol. The Morgan fingerprint density at radius 1 is 1.53 bits per heavy atom. The van der Waals surface area contributed by atoms with Crippen LogP contribution >= 0.6 is 0 Å². The molecule has 1 aliphatic rings. The number of nitrogens with zero attached hydrogens (tertiary/aromatic N) is 1. The van der Waals surface area contributed by atoms with Crippen LogP contribution in [0.15, 0.2) is 23.1 Å². The molecule has 19 heavy (non-hydrogen) atoms. The minimum absolute atomic E-state index is 0.0669. The van der Waals surface area contributed by atoms with E-state index in [0.717, 1.165) is 6.26 Å². The average molecular weight is 286 g/mol. The van der Waals surface area contributed by atoms with Crippen molar-refractivity contribution in [2.45, 2.75) is 10.9 Å². The molecule has 0 aliphatic carbocycles. The number of sulfone groups is 1. The van der Waals surface area contributed by atoms with Gasteiger partial charge in [0.1, 0.15) is 0 Å². The highest BCUT2D eigenvalue weighted by Crippen LogP contribution is 2.31. The van der Waals surface area contributed by atoms with E-state index in [-0.39, 0.29) is 23.2 Å². The second-order valence-electron chi connectivity index (χ2n) is 4.57. The number of nitrogens with two attached hydrogens (primary N) is 1. The first-order chi connectivity index (χ1) is 8.95. The van der Waals surface area contributed by atoms with Gasteiger partial charge in [-0.25, -0.2) is 8.42 Å². The highest BCUT2D eigenvalue weighted by Gasteiger charge is 2.26. The molecule has 0 bridgehead atoms. The minimum Gasteiger partial charge on any atom is -0.396 e. The number of aliphatic hydroxyl groups excluding tert-OH is 1. The molecule has 1 aromatic rings. The summed E-state index contributed by atoms with van der Waals surface area (Å²) in [6, 6.07) is 4.71. The van der Waals surface area contributed by atoms with Crippen molar-refractivity contribution >= 4 is 21.2 Å². The topological polar surface area (TPSA) is 92.9 Å². The SMILES string of the molecule is CS(=O)(=O)c1cccc(N2CCOCC2CO)c1N. The van der Waals surface area contributed by atoms with Crippen LogP contribution < -0.4 is 10.6 Å². The zero-order valence-electron chi connectivity index (χ0n) is 10.7. The van der Waals surface area contributed by atoms with Crippen LogP contribution in [-0.2, 0) is 14.6 Å². The lowest BCUT2D eigenvalue weighted by molar-refractivity contribution is 0.0728. The van der Waals surface area contributed by atoms with Gasteiger partial charge >= 0.3 is 0 Å². The summed E-state index contributed by atoms with van der Waals surface area (Å²) >= 11 is 0. The van der Waals surface area contributed by atoms with Gasteiger partial charge in [-0.3, -0.25) is 0 Å². The maximum atomic E-state index is 11.7. The third-order valence-corrected chi connectivity index (χ3v) is 4.35. The van der Waals surface area contributed by atoms with E-state index in [1.807, 2.05) is 4.90 Å². The molecule has 3 N–H and O–H groups in total. The number of hydrogen-bond donors (Lipinski definition) is 2. The molecule has 0 radical (unpaired) electrons. The lowest BCUT2D eigenvalue weighted by Crippen LogP contribution is -2.48. The Balaban J connectivity index is 2.45. The molecule has 1 aromatic carbocycles. The summed E-state index contributed by atoms with van der Waals surface area (Å²) in [7, 11) is -3.36. The van der Waals surface area contributed by atoms with Crippen molar-refractivity contribution in [2.24, 2.45) is 0 Å². The van der Waals surface area contributed by atoms with Crippen LogP contribution in [0.3, 0.4) is 0 Å². The lowest BCUT2D eigenvalue weighted by Gasteiger charge is -2.37. The Morgan fingerprint density at radius 2 is 2.26 bits per heavy atom. The van der Waals surface area contributed by atoms with Crippen LogP contribution in [-0.4, -0.2) is 52.2 Å². The molecule has 106 valence electrons. The van der Waals surface area contributed by atoms with E-state index in [9.17, 15) is 13.5 Å². The first-order valence-electron chi connectivity index (χ1n) is 5.99. The van der Waals surface area contributed by atoms with E-state index in [1.165, 1.54) is 6.07 Å². The highest BCUT2D eigenvalue weighted by atomic mass is 32.2. The summed E-state index contributed by atoms with van der Waals surface area (Å²) < 4.78 is 28.6. The van der Waals surface area contributed by atoms with Gasteiger partial charge in [-0.1, -0.05) is 6.07 Å². The van der Waals surface area contributed by atoms with Crippen molar-refractivity contribution in [2.75, 3.05) is 43.3 Å². The zero-order chi connectivity index (χ0) is 14.0. The van der Waals surface area contributed by atoms with E-state index in [1.54, 1.807) is 12.1 Å². The zero-order valence-corrected chi connectivity index (χ0v) is 11.6. The fourth-order valence-corrected chi connectivity index (χ4v) is 3.06. The van der Waals surface area contributed by atoms with Gasteiger partial charge in [0, 0.05) is 12.8 Å². The Labute approximate surface area is 112 Å². The average Bonchev–Trinajstić information content (AvgIpc) is 2.37. The van der Waals surface area contributed by atoms with E-state index in [4.69, 9.17) is 10.5 Å². The van der Waals surface area contributed by atoms with Crippen molar-refractivity contribution < 1.29 is 18.3 Å². The molecule has 1 heterocycles. The molecule has 1 unspecified atom stereocenters. The number of benzene rings is 1. The number of morpholine rings is 1. The Morgan fingerprint density at radius 3 is 2.89 bits per heavy atom. The van der Waals surface area contributed by atoms with Gasteiger partial charge in [0.2, 0.25) is 0 Å². The van der Waals surface area contributed by atoms with Crippen LogP contribution in [0.5, 0.6) is 0 Å². The van der Waals surface area contributed by atoms with Crippen LogP contribution in [0.4, 0.5) is 11.4 Å². The van der Waals surface area contributed by atoms with Crippen LogP contribution in [0.2, 0.25) is 0 Å². The fourth-order valence-electron chi connectivity index (χ4n) is 2.23. The largest absolute Gasteiger partial charge is 0.396 e. The van der Waals surface area contributed by atoms with Crippen molar-refractivity contribution in [1.29, 1.82) is 0 Å². The van der Waals surface area contributed by atoms with Crippen molar-refractivity contribution in [3.63, 3.8) is 0 Å². The van der Waals surface area contributed by atoms with Gasteiger partial charge in [-0.2, -0.15) is 0 Å². The first kappa shape index (κ1) is 14.1. The lowest BCUT2D eigenvalue weighted by atomic mass is 10.1. The molecule has 2 rings (SSSR count). The predicted molar refractivity (Wildman–Crippen MR) is 73.0 cm³/mol. The van der Waals surface area contributed by atoms with Crippen molar-refractivity contribution in [3.8, 4) is 0 Å². The summed E-state index contributed by atoms with van der Waals surface area (Å²) in [5, 5.41) is 9.36. The normalized spacial score (nSPS) is 20.5. The second kappa shape index (κ2) is 5.36. The molecule has 1 aliphatic heterocycles. The van der Waals surface area contributed by atoms with E-state index in [0.29, 0.717) is 25.4 Å². The van der Waals surface area contributed by atoms with Crippen LogP contribution in [0.1, 0.15) is 0 Å². The Kier molecular flexibility index (Phi) is 3.98. The Hall–Kier alpha value is -1.31. The number of anilines is 2. The number of rotatable bonds is 3. The molecule has 7 heteroatoms. The molecule has 0 amide bonds. The monoisotopic (exact) mass is 286 g/mol. The summed E-state index contributed by atoms with van der Waals surface area (Å²) in [6.07, 6.45) is 1.13. The van der Waals surface area contributed by atoms with Gasteiger partial charge in [-0.15, -0.1) is 0 Å². The quantitative estimate of drug-likeness (QED) is 0.752. The summed E-state index contributed by atoms with van der Waals surface area (Å²) in [5.74, 6) is 0. The smallest absolute Gasteiger partial charge is 0.177 e. The standard InChI is InChI=1S/C12H18N2O4S/c1-19(16,17)11-4-2-3-10(12(11)13)14-5-6-18-8-9(14)7-15/h2-4,9,15H,5-8,13H2,1H3. The van der Waals surface area contributed by atoms with Gasteiger partial charge in [0.15, 0.2) is 9.84 Å². The molecule has 1 atom stereocenters. The van der Waals surface area contributed by atoms with Crippen LogP contribution in [0, 0.1) is 0 Å². The molecule has 0 spiro atoms. The van der Waals surface area contributed by atoms with E-state index < -0.39 is 9.84 Å². The van der Waals surface area contributed by atoms with E-state index in [2.05, 4.69) is 0 Å². The molecule has 6 nitrogen and oxygen atoms in total. The number of nitrogen functional groups attached to an aromatic ring is 1. The maximum absolute atomic E-state index is 11.7. The van der Waals surface area contributed by atoms with Gasteiger partial charge in [0.05, 0.1) is 42.1 Å². The summed E-state index contributed by atoms with van der Waals surface area (Å²) in [5.41, 5.74) is 6.83. The number of para-hydroxylation sites is 1. The Bertz CT molecular complexity index is 559. The second-order valence-corrected chi connectivity index (χ2v) is 6.55. The molecule has 0 aromatic heterocycles. The van der Waals surface area contributed by atoms with Crippen molar-refractivity contribution in [3.05, 3.63) is 18.2 Å². The predicted octanol–water partition coefficient (Wildman–Crippen LogP) is -0.130. The van der Waals surface area contributed by atoms with Crippen molar-refractivity contribution in [1.82, 2.24) is 0 Å². The number of ether oxygens (including phenoxy) is 1. The summed E-state index contributed by atoms with van der Waals surface area (Å²) in [6.45, 7) is 1.43. The van der Waals surface area contributed by atoms with Gasteiger partial charge < -0.3 is 20.5 Å². The van der Waals surface area contributed by atoms with Gasteiger partial charge in [-0.05, 0) is 12.1 Å². The minimum atomic E-state index is -3.36. The van der Waals surface area contributed by atoms with E-state index >= 15 is 0 Å². The number of aliphatic hydroxyl groups is 1. The molecule has 1 saturated heterocycles. The fraction of sp³-hybridized carbons (Fsp3) is 0.500. The summed E-state index contributed by atoms with van der Waals surface area (Å²) in [4.78, 5) is 2.02. The first-order valence-corrected chi connectivity index (χ1v) is 7.88. The molecular formula is C12H18N2O4S. The maximum Gasteiger partial charge on any atom is 0.177 e. The highest BCUT2D eigenvalue weighted by molar-refractivity contribution is 7.90. The van der Waals surface area contributed by atoms with Crippen LogP contribution in [0.25, 0.3) is 0 Å². The molecule has 1 fully saturated rings.